The highest BCUT2D eigenvalue weighted by atomic mass is 32.2. The van der Waals surface area contributed by atoms with E-state index in [1.54, 1.807) is 7.05 Å². The topological polar surface area (TPSA) is 104 Å². The molecule has 1 heterocycles. The van der Waals surface area contributed by atoms with Crippen molar-refractivity contribution in [2.45, 2.75) is 44.2 Å². The van der Waals surface area contributed by atoms with Crippen LogP contribution in [0.4, 0.5) is 4.79 Å². The van der Waals surface area contributed by atoms with Gasteiger partial charge in [-0.3, -0.25) is 4.79 Å². The summed E-state index contributed by atoms with van der Waals surface area (Å²) < 4.78 is 22.9. The van der Waals surface area contributed by atoms with Gasteiger partial charge in [0.15, 0.2) is 9.84 Å². The van der Waals surface area contributed by atoms with E-state index in [2.05, 4.69) is 5.32 Å². The van der Waals surface area contributed by atoms with Crippen molar-refractivity contribution in [2.75, 3.05) is 18.6 Å². The number of carboxylic acids is 1. The van der Waals surface area contributed by atoms with Crippen molar-refractivity contribution in [3.05, 3.63) is 0 Å². The molecule has 2 fully saturated rings. The van der Waals surface area contributed by atoms with E-state index in [4.69, 9.17) is 0 Å². The van der Waals surface area contributed by atoms with E-state index in [1.165, 1.54) is 4.90 Å². The van der Waals surface area contributed by atoms with Crippen LogP contribution in [0.15, 0.2) is 0 Å². The van der Waals surface area contributed by atoms with Crippen molar-refractivity contribution in [1.82, 2.24) is 10.2 Å². The monoisotopic (exact) mass is 318 g/mol. The minimum atomic E-state index is -3.05. The highest BCUT2D eigenvalue weighted by molar-refractivity contribution is 7.91. The Morgan fingerprint density at radius 1 is 1.19 bits per heavy atom. The number of hydrogen-bond acceptors (Lipinski definition) is 4. The van der Waals surface area contributed by atoms with Gasteiger partial charge < -0.3 is 15.3 Å². The second-order valence-corrected chi connectivity index (χ2v) is 8.18. The van der Waals surface area contributed by atoms with Gasteiger partial charge in [0.05, 0.1) is 17.4 Å². The zero-order valence-corrected chi connectivity index (χ0v) is 12.9. The van der Waals surface area contributed by atoms with Crippen LogP contribution in [-0.4, -0.2) is 61.1 Å². The molecule has 2 amide bonds. The number of amides is 2. The summed E-state index contributed by atoms with van der Waals surface area (Å²) in [4.78, 5) is 24.8. The Labute approximate surface area is 124 Å². The zero-order valence-electron chi connectivity index (χ0n) is 12.1. The van der Waals surface area contributed by atoms with Crippen LogP contribution in [0.2, 0.25) is 0 Å². The van der Waals surface area contributed by atoms with Gasteiger partial charge in [0.2, 0.25) is 0 Å². The summed E-state index contributed by atoms with van der Waals surface area (Å²) in [6.45, 7) is 0. The van der Waals surface area contributed by atoms with Crippen molar-refractivity contribution in [3.8, 4) is 0 Å². The first-order valence-corrected chi connectivity index (χ1v) is 9.09. The fourth-order valence-electron chi connectivity index (χ4n) is 3.11. The number of nitrogens with one attached hydrogen (secondary N) is 1. The van der Waals surface area contributed by atoms with Crippen LogP contribution in [0, 0.1) is 5.92 Å². The second kappa shape index (κ2) is 6.21. The van der Waals surface area contributed by atoms with Gasteiger partial charge in [-0.05, 0) is 19.3 Å². The SMILES string of the molecule is CN(C(=O)NC1CCCCC1C(=O)O)C1CCS(=O)(=O)C1. The molecule has 2 N–H and O–H groups in total. The number of carbonyl (C=O) groups is 2. The number of urea groups is 1. The summed E-state index contributed by atoms with van der Waals surface area (Å²) >= 11 is 0. The molecule has 2 aliphatic rings. The van der Waals surface area contributed by atoms with Gasteiger partial charge in [-0.2, -0.15) is 0 Å². The Kier molecular flexibility index (Phi) is 4.75. The molecule has 0 bridgehead atoms. The van der Waals surface area contributed by atoms with Gasteiger partial charge in [-0.1, -0.05) is 12.8 Å². The van der Waals surface area contributed by atoms with E-state index in [-0.39, 0.29) is 29.6 Å². The van der Waals surface area contributed by atoms with Crippen molar-refractivity contribution >= 4 is 21.8 Å². The van der Waals surface area contributed by atoms with E-state index >= 15 is 0 Å². The van der Waals surface area contributed by atoms with E-state index in [1.807, 2.05) is 0 Å². The molecule has 0 spiro atoms. The molecule has 120 valence electrons. The number of rotatable bonds is 3. The fraction of sp³-hybridized carbons (Fsp3) is 0.846. The Balaban J connectivity index is 1.95. The maximum atomic E-state index is 12.2. The van der Waals surface area contributed by atoms with Crippen molar-refractivity contribution in [1.29, 1.82) is 0 Å². The molecule has 8 heteroatoms. The number of sulfone groups is 1. The summed E-state index contributed by atoms with van der Waals surface area (Å²) in [5.74, 6) is -1.34. The number of nitrogens with zero attached hydrogens (tertiary/aromatic N) is 1. The minimum absolute atomic E-state index is 0.00997. The normalized spacial score (nSPS) is 31.6. The summed E-state index contributed by atoms with van der Waals surface area (Å²) in [5.41, 5.74) is 0. The molecule has 0 aromatic heterocycles. The molecule has 3 atom stereocenters. The predicted octanol–water partition coefficient (Wildman–Crippen LogP) is 0.458. The minimum Gasteiger partial charge on any atom is -0.481 e. The summed E-state index contributed by atoms with van der Waals surface area (Å²) in [6.07, 6.45) is 3.43. The van der Waals surface area contributed by atoms with Gasteiger partial charge >= 0.3 is 12.0 Å². The maximum absolute atomic E-state index is 12.2. The van der Waals surface area contributed by atoms with Gasteiger partial charge in [-0.15, -0.1) is 0 Å². The van der Waals surface area contributed by atoms with Gasteiger partial charge in [0.25, 0.3) is 0 Å². The van der Waals surface area contributed by atoms with Crippen LogP contribution in [0.25, 0.3) is 0 Å². The summed E-state index contributed by atoms with van der Waals surface area (Å²) in [5, 5.41) is 12.0. The molecule has 1 aliphatic heterocycles. The van der Waals surface area contributed by atoms with Gasteiger partial charge in [0, 0.05) is 19.1 Å². The Morgan fingerprint density at radius 2 is 1.86 bits per heavy atom. The lowest BCUT2D eigenvalue weighted by atomic mass is 9.84. The zero-order chi connectivity index (χ0) is 15.6. The molecule has 7 nitrogen and oxygen atoms in total. The van der Waals surface area contributed by atoms with Gasteiger partial charge in [0.1, 0.15) is 0 Å². The molecule has 1 saturated carbocycles. The number of carbonyl (C=O) groups excluding carboxylic acids is 1. The largest absolute Gasteiger partial charge is 0.481 e. The number of hydrogen-bond donors (Lipinski definition) is 2. The van der Waals surface area contributed by atoms with Crippen molar-refractivity contribution in [2.24, 2.45) is 5.92 Å². The molecule has 0 aromatic carbocycles. The van der Waals surface area contributed by atoms with Crippen LogP contribution in [0.5, 0.6) is 0 Å². The molecular weight excluding hydrogens is 296 g/mol. The second-order valence-electron chi connectivity index (χ2n) is 5.95. The molecule has 21 heavy (non-hydrogen) atoms. The molecule has 1 saturated heterocycles. The standard InChI is InChI=1S/C13H22N2O5S/c1-15(9-6-7-21(19,20)8-9)13(18)14-11-5-3-2-4-10(11)12(16)17/h9-11H,2-8H2,1H3,(H,14,18)(H,16,17). The third kappa shape index (κ3) is 3.87. The molecular formula is C13H22N2O5S. The third-order valence-electron chi connectivity index (χ3n) is 4.47. The Bertz CT molecular complexity index is 519. The molecule has 3 unspecified atom stereocenters. The maximum Gasteiger partial charge on any atom is 0.317 e. The lowest BCUT2D eigenvalue weighted by Gasteiger charge is -2.32. The highest BCUT2D eigenvalue weighted by Gasteiger charge is 2.36. The number of aliphatic carboxylic acids is 1. The molecule has 1 aliphatic carbocycles. The average Bonchev–Trinajstić information content (AvgIpc) is 2.78. The smallest absolute Gasteiger partial charge is 0.317 e. The quantitative estimate of drug-likeness (QED) is 0.786. The van der Waals surface area contributed by atoms with E-state index in [0.29, 0.717) is 19.3 Å². The van der Waals surface area contributed by atoms with E-state index in [0.717, 1.165) is 12.8 Å². The average molecular weight is 318 g/mol. The van der Waals surface area contributed by atoms with Crippen molar-refractivity contribution in [3.63, 3.8) is 0 Å². The van der Waals surface area contributed by atoms with Crippen molar-refractivity contribution < 1.29 is 23.1 Å². The lowest BCUT2D eigenvalue weighted by Crippen LogP contribution is -2.51. The van der Waals surface area contributed by atoms with Crippen LogP contribution in [0.3, 0.4) is 0 Å². The number of carboxylic acid groups (broad SMARTS) is 1. The van der Waals surface area contributed by atoms with Crippen LogP contribution < -0.4 is 5.32 Å². The highest BCUT2D eigenvalue weighted by Crippen LogP contribution is 2.25. The molecule has 2 rings (SSSR count). The first-order chi connectivity index (χ1) is 9.80. The van der Waals surface area contributed by atoms with Crippen LogP contribution in [0.1, 0.15) is 32.1 Å². The van der Waals surface area contributed by atoms with Crippen LogP contribution >= 0.6 is 0 Å². The summed E-state index contributed by atoms with van der Waals surface area (Å²) in [6, 6.07) is -1.07. The van der Waals surface area contributed by atoms with E-state index < -0.39 is 21.7 Å². The lowest BCUT2D eigenvalue weighted by molar-refractivity contribution is -0.143. The van der Waals surface area contributed by atoms with Crippen LogP contribution in [-0.2, 0) is 14.6 Å². The predicted molar refractivity (Wildman–Crippen MR) is 76.7 cm³/mol. The molecule has 0 aromatic rings. The van der Waals surface area contributed by atoms with E-state index in [9.17, 15) is 23.1 Å². The Morgan fingerprint density at radius 3 is 2.43 bits per heavy atom. The summed E-state index contributed by atoms with van der Waals surface area (Å²) in [7, 11) is -1.48. The Hall–Kier alpha value is -1.31. The third-order valence-corrected chi connectivity index (χ3v) is 6.22. The first kappa shape index (κ1) is 16.1. The van der Waals surface area contributed by atoms with Gasteiger partial charge in [-0.25, -0.2) is 13.2 Å². The first-order valence-electron chi connectivity index (χ1n) is 7.27. The molecule has 0 radical (unpaired) electrons. The fourth-order valence-corrected chi connectivity index (χ4v) is 4.88.